The molecule has 3 aliphatic carbocycles. The lowest BCUT2D eigenvalue weighted by Crippen LogP contribution is -2.52. The minimum atomic E-state index is 0.551. The fourth-order valence-electron chi connectivity index (χ4n) is 4.55. The zero-order valence-corrected chi connectivity index (χ0v) is 12.9. The maximum absolute atomic E-state index is 3.84. The molecule has 108 valence electrons. The van der Waals surface area contributed by atoms with E-state index in [0.717, 1.165) is 6.04 Å². The van der Waals surface area contributed by atoms with Crippen LogP contribution in [0.4, 0.5) is 0 Å². The van der Waals surface area contributed by atoms with Crippen LogP contribution in [0.2, 0.25) is 0 Å². The van der Waals surface area contributed by atoms with Crippen molar-refractivity contribution in [2.75, 3.05) is 6.54 Å². The van der Waals surface area contributed by atoms with Gasteiger partial charge in [0.05, 0.1) is 0 Å². The van der Waals surface area contributed by atoms with Crippen molar-refractivity contribution in [2.45, 2.75) is 84.1 Å². The first-order valence-corrected chi connectivity index (χ1v) is 8.65. The third-order valence-corrected chi connectivity index (χ3v) is 6.21. The van der Waals surface area contributed by atoms with E-state index in [4.69, 9.17) is 0 Å². The molecule has 19 heavy (non-hydrogen) atoms. The highest BCUT2D eigenvalue weighted by molar-refractivity contribution is 5.25. The summed E-state index contributed by atoms with van der Waals surface area (Å²) < 4.78 is 0. The van der Waals surface area contributed by atoms with Gasteiger partial charge in [-0.15, -0.1) is 0 Å². The molecular formula is C18H31N. The van der Waals surface area contributed by atoms with Crippen LogP contribution in [0.1, 0.15) is 78.1 Å². The predicted octanol–water partition coefficient (Wildman–Crippen LogP) is 4.83. The zero-order chi connectivity index (χ0) is 13.3. The molecule has 2 saturated carbocycles. The van der Waals surface area contributed by atoms with Crippen LogP contribution in [0.5, 0.6) is 0 Å². The maximum atomic E-state index is 3.84. The van der Waals surface area contributed by atoms with Crippen LogP contribution in [-0.4, -0.2) is 12.6 Å². The molecule has 3 aliphatic rings. The van der Waals surface area contributed by atoms with Crippen LogP contribution in [0, 0.1) is 10.8 Å². The second-order valence-electron chi connectivity index (χ2n) is 7.47. The van der Waals surface area contributed by atoms with Gasteiger partial charge in [0.2, 0.25) is 0 Å². The third kappa shape index (κ3) is 2.63. The van der Waals surface area contributed by atoms with Crippen molar-refractivity contribution >= 4 is 0 Å². The summed E-state index contributed by atoms with van der Waals surface area (Å²) in [6.45, 7) is 6.07. The first kappa shape index (κ1) is 13.7. The molecule has 0 radical (unpaired) electrons. The molecule has 3 rings (SSSR count). The van der Waals surface area contributed by atoms with Crippen molar-refractivity contribution in [1.29, 1.82) is 0 Å². The number of hydrogen-bond donors (Lipinski definition) is 1. The Labute approximate surface area is 119 Å². The fourth-order valence-corrected chi connectivity index (χ4v) is 4.55. The average Bonchev–Trinajstić information content (AvgIpc) is 3.24. The SMILES string of the molecule is CCC1(CC)CC(CNC2CC2)(C2=CCCCC2)C1. The zero-order valence-electron chi connectivity index (χ0n) is 12.9. The first-order chi connectivity index (χ1) is 9.22. The van der Waals surface area contributed by atoms with E-state index in [1.165, 1.54) is 70.8 Å². The summed E-state index contributed by atoms with van der Waals surface area (Å²) in [4.78, 5) is 0. The van der Waals surface area contributed by atoms with Crippen molar-refractivity contribution in [3.05, 3.63) is 11.6 Å². The Morgan fingerprint density at radius 1 is 1.16 bits per heavy atom. The smallest absolute Gasteiger partial charge is 0.00685 e. The van der Waals surface area contributed by atoms with Crippen molar-refractivity contribution in [3.8, 4) is 0 Å². The minimum Gasteiger partial charge on any atom is -0.313 e. The highest BCUT2D eigenvalue weighted by Crippen LogP contribution is 2.62. The van der Waals surface area contributed by atoms with Crippen molar-refractivity contribution in [3.63, 3.8) is 0 Å². The van der Waals surface area contributed by atoms with Crippen LogP contribution < -0.4 is 5.32 Å². The normalized spacial score (nSPS) is 28.6. The Hall–Kier alpha value is -0.300. The van der Waals surface area contributed by atoms with Crippen molar-refractivity contribution in [1.82, 2.24) is 5.32 Å². The quantitative estimate of drug-likeness (QED) is 0.676. The van der Waals surface area contributed by atoms with E-state index in [1.807, 2.05) is 5.57 Å². The molecule has 0 bridgehead atoms. The maximum Gasteiger partial charge on any atom is 0.00685 e. The van der Waals surface area contributed by atoms with Crippen molar-refractivity contribution < 1.29 is 0 Å². The lowest BCUT2D eigenvalue weighted by molar-refractivity contribution is -0.0223. The molecule has 0 aromatic carbocycles. The van der Waals surface area contributed by atoms with E-state index >= 15 is 0 Å². The Morgan fingerprint density at radius 2 is 1.89 bits per heavy atom. The molecule has 0 atom stereocenters. The van der Waals surface area contributed by atoms with Gasteiger partial charge in [0.15, 0.2) is 0 Å². The fraction of sp³-hybridized carbons (Fsp3) is 0.889. The summed E-state index contributed by atoms with van der Waals surface area (Å²) in [6.07, 6.45) is 16.7. The van der Waals surface area contributed by atoms with E-state index in [9.17, 15) is 0 Å². The second kappa shape index (κ2) is 5.24. The molecule has 0 aromatic heterocycles. The first-order valence-electron chi connectivity index (χ1n) is 8.65. The molecular weight excluding hydrogens is 230 g/mol. The molecule has 0 spiro atoms. The minimum absolute atomic E-state index is 0.551. The van der Waals surface area contributed by atoms with Gasteiger partial charge in [-0.2, -0.15) is 0 Å². The van der Waals surface area contributed by atoms with Crippen LogP contribution in [-0.2, 0) is 0 Å². The molecule has 2 fully saturated rings. The molecule has 1 N–H and O–H groups in total. The van der Waals surface area contributed by atoms with Gasteiger partial charge in [0, 0.05) is 18.0 Å². The van der Waals surface area contributed by atoms with E-state index < -0.39 is 0 Å². The van der Waals surface area contributed by atoms with Gasteiger partial charge >= 0.3 is 0 Å². The molecule has 0 aliphatic heterocycles. The Balaban J connectivity index is 1.71. The summed E-state index contributed by atoms with van der Waals surface area (Å²) >= 11 is 0. The molecule has 0 aromatic rings. The van der Waals surface area contributed by atoms with Gasteiger partial charge in [-0.25, -0.2) is 0 Å². The summed E-state index contributed by atoms with van der Waals surface area (Å²) in [5, 5.41) is 3.84. The van der Waals surface area contributed by atoms with Crippen molar-refractivity contribution in [2.24, 2.45) is 10.8 Å². The monoisotopic (exact) mass is 261 g/mol. The van der Waals surface area contributed by atoms with Crippen LogP contribution in [0.3, 0.4) is 0 Å². The van der Waals surface area contributed by atoms with Gasteiger partial charge in [0.1, 0.15) is 0 Å². The van der Waals surface area contributed by atoms with E-state index in [1.54, 1.807) is 0 Å². The van der Waals surface area contributed by atoms with E-state index in [0.29, 0.717) is 10.8 Å². The lowest BCUT2D eigenvalue weighted by atomic mass is 9.47. The summed E-state index contributed by atoms with van der Waals surface area (Å²) in [5.74, 6) is 0. The van der Waals surface area contributed by atoms with Crippen LogP contribution in [0.25, 0.3) is 0 Å². The lowest BCUT2D eigenvalue weighted by Gasteiger charge is -2.58. The summed E-state index contributed by atoms with van der Waals surface area (Å²) in [5.41, 5.74) is 3.04. The van der Waals surface area contributed by atoms with Gasteiger partial charge in [-0.1, -0.05) is 38.3 Å². The Kier molecular flexibility index (Phi) is 3.77. The number of nitrogens with one attached hydrogen (secondary N) is 1. The largest absolute Gasteiger partial charge is 0.313 e. The second-order valence-corrected chi connectivity index (χ2v) is 7.47. The van der Waals surface area contributed by atoms with Crippen LogP contribution >= 0.6 is 0 Å². The Bertz CT molecular complexity index is 339. The highest BCUT2D eigenvalue weighted by Gasteiger charge is 2.53. The average molecular weight is 261 g/mol. The number of rotatable bonds is 6. The Morgan fingerprint density at radius 3 is 2.42 bits per heavy atom. The number of allylic oxidation sites excluding steroid dienone is 1. The molecule has 1 heteroatoms. The van der Waals surface area contributed by atoms with Gasteiger partial charge in [-0.3, -0.25) is 0 Å². The molecule has 1 nitrogen and oxygen atoms in total. The standard InChI is InChI=1S/C18H31N/c1-3-17(4-2)12-18(13-17,14-19-16-10-11-16)15-8-6-5-7-9-15/h8,16,19H,3-7,9-14H2,1-2H3. The topological polar surface area (TPSA) is 12.0 Å². The summed E-state index contributed by atoms with van der Waals surface area (Å²) in [6, 6.07) is 0.860. The molecule has 0 saturated heterocycles. The number of hydrogen-bond acceptors (Lipinski definition) is 1. The van der Waals surface area contributed by atoms with Crippen LogP contribution in [0.15, 0.2) is 11.6 Å². The molecule has 0 heterocycles. The molecule has 0 amide bonds. The van der Waals surface area contributed by atoms with Gasteiger partial charge < -0.3 is 5.32 Å². The summed E-state index contributed by atoms with van der Waals surface area (Å²) in [7, 11) is 0. The van der Waals surface area contributed by atoms with Gasteiger partial charge in [-0.05, 0) is 56.8 Å². The molecule has 0 unspecified atom stereocenters. The predicted molar refractivity (Wildman–Crippen MR) is 82.3 cm³/mol. The third-order valence-electron chi connectivity index (χ3n) is 6.21. The van der Waals surface area contributed by atoms with E-state index in [-0.39, 0.29) is 0 Å². The van der Waals surface area contributed by atoms with E-state index in [2.05, 4.69) is 25.2 Å². The van der Waals surface area contributed by atoms with Gasteiger partial charge in [0.25, 0.3) is 0 Å². The highest BCUT2D eigenvalue weighted by atomic mass is 15.0.